The standard InChI is InChI=1S/C20H23N3O4/c1-22(2)18(25)13-7-9-14(10-8-13)21-17(24)11-12-23-19(26)15-5-3-4-6-16(15)20(23)27/h3-4,7-10,15-16H,5-6,11-12H2,1-2H3,(H,21,24). The van der Waals surface area contributed by atoms with E-state index in [1.165, 1.54) is 9.80 Å². The van der Waals surface area contributed by atoms with Crippen molar-refractivity contribution in [2.45, 2.75) is 19.3 Å². The molecule has 2 unspecified atom stereocenters. The SMILES string of the molecule is CN(C)C(=O)c1ccc(NC(=O)CCN2C(=O)C3CC=CCC3C2=O)cc1. The summed E-state index contributed by atoms with van der Waals surface area (Å²) < 4.78 is 0. The summed E-state index contributed by atoms with van der Waals surface area (Å²) in [5.74, 6) is -1.28. The Morgan fingerprint density at radius 1 is 1.04 bits per heavy atom. The van der Waals surface area contributed by atoms with Crippen LogP contribution in [0.1, 0.15) is 29.6 Å². The van der Waals surface area contributed by atoms with Gasteiger partial charge in [-0.1, -0.05) is 12.2 Å². The maximum Gasteiger partial charge on any atom is 0.253 e. The third-order valence-electron chi connectivity index (χ3n) is 4.98. The van der Waals surface area contributed by atoms with Crippen molar-refractivity contribution in [2.75, 3.05) is 26.0 Å². The van der Waals surface area contributed by atoms with Crippen LogP contribution in [0.4, 0.5) is 5.69 Å². The van der Waals surface area contributed by atoms with Crippen LogP contribution >= 0.6 is 0 Å². The smallest absolute Gasteiger partial charge is 0.253 e. The molecule has 1 N–H and O–H groups in total. The van der Waals surface area contributed by atoms with Crippen molar-refractivity contribution < 1.29 is 19.2 Å². The molecule has 7 nitrogen and oxygen atoms in total. The minimum atomic E-state index is -0.282. The second kappa shape index (κ2) is 7.73. The molecule has 142 valence electrons. The van der Waals surface area contributed by atoms with Gasteiger partial charge in [-0.05, 0) is 37.1 Å². The molecule has 2 aliphatic rings. The number of fused-ring (bicyclic) bond motifs is 1. The molecule has 1 fully saturated rings. The average molecular weight is 369 g/mol. The summed E-state index contributed by atoms with van der Waals surface area (Å²) in [6.07, 6.45) is 5.11. The van der Waals surface area contributed by atoms with E-state index in [2.05, 4.69) is 5.32 Å². The molecule has 2 atom stereocenters. The van der Waals surface area contributed by atoms with E-state index in [4.69, 9.17) is 0 Å². The molecule has 0 bridgehead atoms. The van der Waals surface area contributed by atoms with Gasteiger partial charge in [-0.15, -0.1) is 0 Å². The second-order valence-electron chi connectivity index (χ2n) is 7.06. The highest BCUT2D eigenvalue weighted by Crippen LogP contribution is 2.35. The first-order valence-corrected chi connectivity index (χ1v) is 9.00. The number of likely N-dealkylation sites (tertiary alicyclic amines) is 1. The Labute approximate surface area is 158 Å². The number of imide groups is 1. The lowest BCUT2D eigenvalue weighted by molar-refractivity contribution is -0.140. The van der Waals surface area contributed by atoms with E-state index in [9.17, 15) is 19.2 Å². The van der Waals surface area contributed by atoms with Gasteiger partial charge in [-0.25, -0.2) is 0 Å². The number of hydrogen-bond donors (Lipinski definition) is 1. The molecule has 1 aliphatic heterocycles. The Morgan fingerprint density at radius 2 is 1.59 bits per heavy atom. The minimum absolute atomic E-state index is 0.0444. The van der Waals surface area contributed by atoms with Crippen molar-refractivity contribution in [1.29, 1.82) is 0 Å². The number of hydrogen-bond acceptors (Lipinski definition) is 4. The number of carbonyl (C=O) groups excluding carboxylic acids is 4. The van der Waals surface area contributed by atoms with E-state index in [0.29, 0.717) is 24.1 Å². The molecule has 1 saturated heterocycles. The Bertz CT molecular complexity index is 772. The van der Waals surface area contributed by atoms with E-state index < -0.39 is 0 Å². The van der Waals surface area contributed by atoms with E-state index in [1.807, 2.05) is 12.2 Å². The van der Waals surface area contributed by atoms with Crippen LogP contribution in [-0.4, -0.2) is 54.1 Å². The number of rotatable bonds is 5. The summed E-state index contributed by atoms with van der Waals surface area (Å²) in [6, 6.07) is 6.59. The molecule has 1 aliphatic carbocycles. The van der Waals surface area contributed by atoms with Gasteiger partial charge in [0.05, 0.1) is 11.8 Å². The second-order valence-corrected chi connectivity index (χ2v) is 7.06. The van der Waals surface area contributed by atoms with Gasteiger partial charge in [-0.2, -0.15) is 0 Å². The molecule has 0 spiro atoms. The molecular formula is C20H23N3O4. The Kier molecular flexibility index (Phi) is 5.39. The Morgan fingerprint density at radius 3 is 2.11 bits per heavy atom. The summed E-state index contributed by atoms with van der Waals surface area (Å²) in [5, 5.41) is 2.73. The normalized spacial score (nSPS) is 21.2. The van der Waals surface area contributed by atoms with Gasteiger partial charge in [0.2, 0.25) is 17.7 Å². The lowest BCUT2D eigenvalue weighted by Gasteiger charge is -2.14. The average Bonchev–Trinajstić information content (AvgIpc) is 2.91. The summed E-state index contributed by atoms with van der Waals surface area (Å²) in [7, 11) is 3.34. The van der Waals surface area contributed by atoms with Crippen molar-refractivity contribution in [3.63, 3.8) is 0 Å². The predicted octanol–water partition coefficient (Wildman–Crippen LogP) is 1.67. The molecule has 1 aromatic rings. The lowest BCUT2D eigenvalue weighted by Crippen LogP contribution is -2.34. The van der Waals surface area contributed by atoms with Gasteiger partial charge in [-0.3, -0.25) is 24.1 Å². The highest BCUT2D eigenvalue weighted by Gasteiger charge is 2.46. The summed E-state index contributed by atoms with van der Waals surface area (Å²) >= 11 is 0. The fourth-order valence-corrected chi connectivity index (χ4v) is 3.48. The van der Waals surface area contributed by atoms with Crippen molar-refractivity contribution >= 4 is 29.3 Å². The van der Waals surface area contributed by atoms with E-state index in [1.54, 1.807) is 38.4 Å². The Hall–Kier alpha value is -2.96. The van der Waals surface area contributed by atoms with E-state index >= 15 is 0 Å². The zero-order valence-corrected chi connectivity index (χ0v) is 15.5. The molecular weight excluding hydrogens is 346 g/mol. The fraction of sp³-hybridized carbons (Fsp3) is 0.400. The topological polar surface area (TPSA) is 86.8 Å². The first-order valence-electron chi connectivity index (χ1n) is 9.00. The molecule has 0 saturated carbocycles. The molecule has 0 radical (unpaired) electrons. The van der Waals surface area contributed by atoms with Crippen LogP contribution in [0, 0.1) is 11.8 Å². The van der Waals surface area contributed by atoms with Crippen LogP contribution in [0.5, 0.6) is 0 Å². The van der Waals surface area contributed by atoms with Crippen LogP contribution in [0.3, 0.4) is 0 Å². The lowest BCUT2D eigenvalue weighted by atomic mass is 9.85. The fourth-order valence-electron chi connectivity index (χ4n) is 3.48. The largest absolute Gasteiger partial charge is 0.345 e. The molecule has 4 amide bonds. The minimum Gasteiger partial charge on any atom is -0.345 e. The summed E-state index contributed by atoms with van der Waals surface area (Å²) in [5.41, 5.74) is 1.09. The van der Waals surface area contributed by atoms with Gasteiger partial charge in [0.15, 0.2) is 0 Å². The highest BCUT2D eigenvalue weighted by molar-refractivity contribution is 6.06. The van der Waals surface area contributed by atoms with Crippen LogP contribution < -0.4 is 5.32 Å². The Balaban J connectivity index is 1.53. The zero-order valence-electron chi connectivity index (χ0n) is 15.5. The van der Waals surface area contributed by atoms with Crippen LogP contribution in [-0.2, 0) is 14.4 Å². The highest BCUT2D eigenvalue weighted by atomic mass is 16.2. The van der Waals surface area contributed by atoms with E-state index in [0.717, 1.165) is 0 Å². The van der Waals surface area contributed by atoms with Gasteiger partial charge >= 0.3 is 0 Å². The predicted molar refractivity (Wildman–Crippen MR) is 99.8 cm³/mol. The maximum absolute atomic E-state index is 12.4. The van der Waals surface area contributed by atoms with Crippen LogP contribution in [0.25, 0.3) is 0 Å². The molecule has 1 heterocycles. The first-order chi connectivity index (χ1) is 12.9. The summed E-state index contributed by atoms with van der Waals surface area (Å²) in [6.45, 7) is 0.0910. The maximum atomic E-state index is 12.4. The zero-order chi connectivity index (χ0) is 19.6. The quantitative estimate of drug-likeness (QED) is 0.632. The van der Waals surface area contributed by atoms with Crippen LogP contribution in [0.2, 0.25) is 0 Å². The van der Waals surface area contributed by atoms with Crippen molar-refractivity contribution in [2.24, 2.45) is 11.8 Å². The molecule has 1 aromatic carbocycles. The first kappa shape index (κ1) is 18.8. The number of allylic oxidation sites excluding steroid dienone is 2. The number of carbonyl (C=O) groups is 4. The van der Waals surface area contributed by atoms with Crippen LogP contribution in [0.15, 0.2) is 36.4 Å². The van der Waals surface area contributed by atoms with Gasteiger partial charge in [0.25, 0.3) is 5.91 Å². The number of benzene rings is 1. The van der Waals surface area contributed by atoms with E-state index in [-0.39, 0.29) is 48.4 Å². The molecule has 3 rings (SSSR count). The molecule has 27 heavy (non-hydrogen) atoms. The van der Waals surface area contributed by atoms with Crippen molar-refractivity contribution in [1.82, 2.24) is 9.80 Å². The van der Waals surface area contributed by atoms with Gasteiger partial charge in [0.1, 0.15) is 0 Å². The number of anilines is 1. The summed E-state index contributed by atoms with van der Waals surface area (Å²) in [4.78, 5) is 51.5. The van der Waals surface area contributed by atoms with Gasteiger partial charge in [0, 0.05) is 38.3 Å². The third-order valence-corrected chi connectivity index (χ3v) is 4.98. The van der Waals surface area contributed by atoms with Gasteiger partial charge < -0.3 is 10.2 Å². The molecule has 0 aromatic heterocycles. The monoisotopic (exact) mass is 369 g/mol. The number of nitrogens with one attached hydrogen (secondary N) is 1. The molecule has 7 heteroatoms. The van der Waals surface area contributed by atoms with Crippen molar-refractivity contribution in [3.05, 3.63) is 42.0 Å². The number of amides is 4. The number of nitrogens with zero attached hydrogens (tertiary/aromatic N) is 2. The third kappa shape index (κ3) is 3.92. The van der Waals surface area contributed by atoms with Crippen molar-refractivity contribution in [3.8, 4) is 0 Å².